The Balaban J connectivity index is 2.64. The van der Waals surface area contributed by atoms with Gasteiger partial charge in [0.25, 0.3) is 0 Å². The molecule has 1 N–H and O–H groups in total. The highest BCUT2D eigenvalue weighted by Crippen LogP contribution is 2.17. The zero-order valence-electron chi connectivity index (χ0n) is 12.2. The summed E-state index contributed by atoms with van der Waals surface area (Å²) < 4.78 is 2.10. The molecular weight excluding hydrogens is 210 g/mol. The van der Waals surface area contributed by atoms with E-state index in [-0.39, 0.29) is 0 Å². The summed E-state index contributed by atoms with van der Waals surface area (Å²) in [6.45, 7) is 15.2. The summed E-state index contributed by atoms with van der Waals surface area (Å²) in [7, 11) is 0. The Kier molecular flexibility index (Phi) is 5.19. The SMILES string of the molecule is CCn1nc(C)c(CC(C)CNC(C)C)c1C. The molecular formula is C14H27N3. The molecule has 0 saturated heterocycles. The van der Waals surface area contributed by atoms with Crippen molar-refractivity contribution in [3.63, 3.8) is 0 Å². The molecule has 0 aromatic carbocycles. The van der Waals surface area contributed by atoms with Crippen LogP contribution < -0.4 is 5.32 Å². The molecule has 1 aromatic rings. The molecule has 98 valence electrons. The van der Waals surface area contributed by atoms with Crippen molar-refractivity contribution in [3.8, 4) is 0 Å². The van der Waals surface area contributed by atoms with Crippen LogP contribution in [0.2, 0.25) is 0 Å². The van der Waals surface area contributed by atoms with Gasteiger partial charge in [0.2, 0.25) is 0 Å². The van der Waals surface area contributed by atoms with Crippen LogP contribution in [0.25, 0.3) is 0 Å². The third-order valence-corrected chi connectivity index (χ3v) is 3.26. The van der Waals surface area contributed by atoms with Crippen LogP contribution in [0, 0.1) is 19.8 Å². The van der Waals surface area contributed by atoms with E-state index in [2.05, 4.69) is 56.6 Å². The third kappa shape index (κ3) is 3.84. The van der Waals surface area contributed by atoms with Crippen LogP contribution in [0.1, 0.15) is 44.6 Å². The van der Waals surface area contributed by atoms with Crippen molar-refractivity contribution >= 4 is 0 Å². The lowest BCUT2D eigenvalue weighted by molar-refractivity contribution is 0.474. The molecule has 1 rings (SSSR count). The Morgan fingerprint density at radius 2 is 1.88 bits per heavy atom. The number of aryl methyl sites for hydroxylation is 2. The fourth-order valence-corrected chi connectivity index (χ4v) is 2.19. The van der Waals surface area contributed by atoms with Gasteiger partial charge in [-0.3, -0.25) is 4.68 Å². The van der Waals surface area contributed by atoms with Crippen LogP contribution in [0.4, 0.5) is 0 Å². The summed E-state index contributed by atoms with van der Waals surface area (Å²) in [5, 5.41) is 8.07. The Hall–Kier alpha value is -0.830. The van der Waals surface area contributed by atoms with E-state index >= 15 is 0 Å². The largest absolute Gasteiger partial charge is 0.314 e. The Morgan fingerprint density at radius 1 is 1.24 bits per heavy atom. The molecule has 0 fully saturated rings. The van der Waals surface area contributed by atoms with Gasteiger partial charge in [-0.2, -0.15) is 5.10 Å². The number of nitrogens with one attached hydrogen (secondary N) is 1. The first-order chi connectivity index (χ1) is 7.95. The second-order valence-electron chi connectivity index (χ2n) is 5.34. The van der Waals surface area contributed by atoms with Crippen molar-refractivity contribution < 1.29 is 0 Å². The monoisotopic (exact) mass is 237 g/mol. The highest BCUT2D eigenvalue weighted by atomic mass is 15.3. The van der Waals surface area contributed by atoms with Crippen LogP contribution in [-0.4, -0.2) is 22.4 Å². The summed E-state index contributed by atoms with van der Waals surface area (Å²) in [6, 6.07) is 0.568. The lowest BCUT2D eigenvalue weighted by Gasteiger charge is -2.15. The Morgan fingerprint density at radius 3 is 2.35 bits per heavy atom. The van der Waals surface area contributed by atoms with E-state index in [1.807, 2.05) is 0 Å². The maximum atomic E-state index is 4.57. The van der Waals surface area contributed by atoms with Gasteiger partial charge in [0.15, 0.2) is 0 Å². The first-order valence-electron chi connectivity index (χ1n) is 6.71. The Bertz CT molecular complexity index is 353. The summed E-state index contributed by atoms with van der Waals surface area (Å²) in [5.74, 6) is 0.657. The van der Waals surface area contributed by atoms with Crippen LogP contribution in [0.15, 0.2) is 0 Å². The summed E-state index contributed by atoms with van der Waals surface area (Å²) in [6.07, 6.45) is 1.12. The fraction of sp³-hybridized carbons (Fsp3) is 0.786. The fourth-order valence-electron chi connectivity index (χ4n) is 2.19. The molecule has 0 bridgehead atoms. The van der Waals surface area contributed by atoms with Crippen LogP contribution in [0.5, 0.6) is 0 Å². The molecule has 1 heterocycles. The molecule has 3 nitrogen and oxygen atoms in total. The van der Waals surface area contributed by atoms with Crippen LogP contribution in [-0.2, 0) is 13.0 Å². The molecule has 0 aliphatic rings. The quantitative estimate of drug-likeness (QED) is 0.824. The smallest absolute Gasteiger partial charge is 0.0628 e. The minimum Gasteiger partial charge on any atom is -0.314 e. The van der Waals surface area contributed by atoms with Gasteiger partial charge in [-0.05, 0) is 45.2 Å². The van der Waals surface area contributed by atoms with Gasteiger partial charge in [0.1, 0.15) is 0 Å². The zero-order valence-corrected chi connectivity index (χ0v) is 12.2. The van der Waals surface area contributed by atoms with Crippen LogP contribution >= 0.6 is 0 Å². The molecule has 0 spiro atoms. The van der Waals surface area contributed by atoms with Crippen molar-refractivity contribution in [2.45, 2.75) is 60.5 Å². The van der Waals surface area contributed by atoms with Gasteiger partial charge < -0.3 is 5.32 Å². The number of rotatable bonds is 6. The first-order valence-corrected chi connectivity index (χ1v) is 6.71. The molecule has 1 atom stereocenters. The molecule has 17 heavy (non-hydrogen) atoms. The van der Waals surface area contributed by atoms with E-state index in [4.69, 9.17) is 0 Å². The summed E-state index contributed by atoms with van der Waals surface area (Å²) >= 11 is 0. The summed E-state index contributed by atoms with van der Waals surface area (Å²) in [4.78, 5) is 0. The van der Waals surface area contributed by atoms with E-state index in [0.717, 1.165) is 19.5 Å². The Labute approximate surface area is 106 Å². The second-order valence-corrected chi connectivity index (χ2v) is 5.34. The topological polar surface area (TPSA) is 29.9 Å². The molecule has 1 unspecified atom stereocenters. The van der Waals surface area contributed by atoms with Gasteiger partial charge in [-0.1, -0.05) is 20.8 Å². The van der Waals surface area contributed by atoms with E-state index in [1.54, 1.807) is 0 Å². The third-order valence-electron chi connectivity index (χ3n) is 3.26. The van der Waals surface area contributed by atoms with Crippen molar-refractivity contribution in [2.24, 2.45) is 5.92 Å². The molecule has 0 radical (unpaired) electrons. The van der Waals surface area contributed by atoms with Gasteiger partial charge >= 0.3 is 0 Å². The maximum absolute atomic E-state index is 4.57. The predicted octanol–water partition coefficient (Wildman–Crippen LogP) is 2.70. The average molecular weight is 237 g/mol. The van der Waals surface area contributed by atoms with Gasteiger partial charge in [-0.25, -0.2) is 0 Å². The lowest BCUT2D eigenvalue weighted by atomic mass is 9.99. The summed E-state index contributed by atoms with van der Waals surface area (Å²) in [5.41, 5.74) is 3.96. The highest BCUT2D eigenvalue weighted by Gasteiger charge is 2.13. The lowest BCUT2D eigenvalue weighted by Crippen LogP contribution is -2.28. The van der Waals surface area contributed by atoms with Gasteiger partial charge in [0, 0.05) is 18.3 Å². The number of hydrogen-bond acceptors (Lipinski definition) is 2. The zero-order chi connectivity index (χ0) is 13.0. The molecule has 0 aliphatic carbocycles. The van der Waals surface area contributed by atoms with E-state index in [0.29, 0.717) is 12.0 Å². The standard InChI is InChI=1S/C14H27N3/c1-7-17-13(6)14(12(5)16-17)8-11(4)9-15-10(2)3/h10-11,15H,7-9H2,1-6H3. The molecule has 0 saturated carbocycles. The normalized spacial score (nSPS) is 13.4. The van der Waals surface area contributed by atoms with Crippen molar-refractivity contribution in [3.05, 3.63) is 17.0 Å². The molecule has 1 aromatic heterocycles. The first kappa shape index (κ1) is 14.2. The van der Waals surface area contributed by atoms with Crippen LogP contribution in [0.3, 0.4) is 0 Å². The van der Waals surface area contributed by atoms with Crippen molar-refractivity contribution in [1.82, 2.24) is 15.1 Å². The van der Waals surface area contributed by atoms with E-state index in [9.17, 15) is 0 Å². The maximum Gasteiger partial charge on any atom is 0.0628 e. The predicted molar refractivity (Wildman–Crippen MR) is 73.4 cm³/mol. The second kappa shape index (κ2) is 6.20. The average Bonchev–Trinajstić information content (AvgIpc) is 2.53. The number of aromatic nitrogens is 2. The van der Waals surface area contributed by atoms with Crippen molar-refractivity contribution in [1.29, 1.82) is 0 Å². The molecule has 0 amide bonds. The minimum absolute atomic E-state index is 0.568. The van der Waals surface area contributed by atoms with Crippen molar-refractivity contribution in [2.75, 3.05) is 6.54 Å². The number of nitrogens with zero attached hydrogens (tertiary/aromatic N) is 2. The minimum atomic E-state index is 0.568. The molecule has 0 aliphatic heterocycles. The number of hydrogen-bond donors (Lipinski definition) is 1. The van der Waals surface area contributed by atoms with Gasteiger partial charge in [0.05, 0.1) is 5.69 Å². The molecule has 3 heteroatoms. The van der Waals surface area contributed by atoms with Gasteiger partial charge in [-0.15, -0.1) is 0 Å². The van der Waals surface area contributed by atoms with E-state index < -0.39 is 0 Å². The highest BCUT2D eigenvalue weighted by molar-refractivity contribution is 5.25. The van der Waals surface area contributed by atoms with E-state index in [1.165, 1.54) is 17.0 Å².